The smallest absolute Gasteiger partial charge is 0.253 e. The van der Waals surface area contributed by atoms with Crippen LogP contribution in [-0.4, -0.2) is 51.3 Å². The molecular weight excluding hydrogens is 342 g/mol. The first-order chi connectivity index (χ1) is 13.2. The zero-order chi connectivity index (χ0) is 18.4. The van der Waals surface area contributed by atoms with E-state index in [0.717, 1.165) is 62.3 Å². The van der Waals surface area contributed by atoms with E-state index in [2.05, 4.69) is 4.98 Å². The number of aryl methyl sites for hydroxylation is 1. The lowest BCUT2D eigenvalue weighted by atomic mass is 9.77. The highest BCUT2D eigenvalue weighted by atomic mass is 16.5. The maximum atomic E-state index is 13.1. The van der Waals surface area contributed by atoms with E-state index in [4.69, 9.17) is 4.74 Å². The Morgan fingerprint density at radius 2 is 2.07 bits per heavy atom. The second-order valence-electron chi connectivity index (χ2n) is 8.12. The van der Waals surface area contributed by atoms with Gasteiger partial charge < -0.3 is 19.3 Å². The van der Waals surface area contributed by atoms with E-state index >= 15 is 0 Å². The summed E-state index contributed by atoms with van der Waals surface area (Å²) in [7, 11) is 0. The van der Waals surface area contributed by atoms with Crippen LogP contribution in [0, 0.1) is 11.8 Å². The topological polar surface area (TPSA) is 67.6 Å². The molecule has 3 aliphatic rings. The lowest BCUT2D eigenvalue weighted by molar-refractivity contribution is 0.0357. The number of hydrogen-bond acceptors (Lipinski definition) is 4. The lowest BCUT2D eigenvalue weighted by Crippen LogP contribution is -2.35. The van der Waals surface area contributed by atoms with Crippen molar-refractivity contribution in [1.29, 1.82) is 0 Å². The van der Waals surface area contributed by atoms with Gasteiger partial charge >= 0.3 is 0 Å². The number of aliphatic hydroxyl groups is 1. The number of benzene rings is 1. The Balaban J connectivity index is 1.31. The molecule has 0 bridgehead atoms. The van der Waals surface area contributed by atoms with Crippen LogP contribution in [-0.2, 0) is 6.42 Å². The molecule has 3 heterocycles. The number of aliphatic hydroxyl groups excluding tert-OH is 1. The summed E-state index contributed by atoms with van der Waals surface area (Å²) in [6.07, 6.45) is 8.69. The molecule has 6 heteroatoms. The van der Waals surface area contributed by atoms with E-state index in [1.807, 2.05) is 33.9 Å². The number of fused-ring (bicyclic) bond motifs is 2. The third-order valence-electron chi connectivity index (χ3n) is 6.46. The number of aromatic nitrogens is 2. The predicted molar refractivity (Wildman–Crippen MR) is 99.6 cm³/mol. The first-order valence-electron chi connectivity index (χ1n) is 9.89. The van der Waals surface area contributed by atoms with E-state index in [-0.39, 0.29) is 18.1 Å². The highest BCUT2D eigenvalue weighted by Crippen LogP contribution is 2.41. The van der Waals surface area contributed by atoms with Crippen LogP contribution in [0.2, 0.25) is 0 Å². The van der Waals surface area contributed by atoms with Crippen LogP contribution >= 0.6 is 0 Å². The largest absolute Gasteiger partial charge is 0.493 e. The number of amides is 1. The Morgan fingerprint density at radius 3 is 2.89 bits per heavy atom. The van der Waals surface area contributed by atoms with E-state index in [1.54, 1.807) is 12.5 Å². The number of likely N-dealkylation sites (tertiary alicyclic amines) is 1. The summed E-state index contributed by atoms with van der Waals surface area (Å²) >= 11 is 0. The van der Waals surface area contributed by atoms with Crippen molar-refractivity contribution >= 4 is 5.91 Å². The Bertz CT molecular complexity index is 835. The van der Waals surface area contributed by atoms with Gasteiger partial charge in [0.15, 0.2) is 0 Å². The van der Waals surface area contributed by atoms with Crippen LogP contribution in [0.3, 0.4) is 0 Å². The van der Waals surface area contributed by atoms with Gasteiger partial charge in [-0.25, -0.2) is 4.98 Å². The second kappa shape index (κ2) is 6.68. The molecule has 27 heavy (non-hydrogen) atoms. The molecule has 1 saturated heterocycles. The van der Waals surface area contributed by atoms with Crippen molar-refractivity contribution in [2.75, 3.05) is 19.7 Å². The van der Waals surface area contributed by atoms with Crippen molar-refractivity contribution in [1.82, 2.24) is 14.5 Å². The van der Waals surface area contributed by atoms with Gasteiger partial charge in [-0.2, -0.15) is 0 Å². The minimum absolute atomic E-state index is 0.0599. The fourth-order valence-electron chi connectivity index (χ4n) is 5.04. The summed E-state index contributed by atoms with van der Waals surface area (Å²) in [6.45, 7) is 2.27. The number of hydrogen-bond donors (Lipinski definition) is 1. The van der Waals surface area contributed by atoms with Crippen LogP contribution in [0.1, 0.15) is 41.2 Å². The molecule has 2 aromatic rings. The molecule has 6 nitrogen and oxygen atoms in total. The van der Waals surface area contributed by atoms with Crippen molar-refractivity contribution < 1.29 is 14.6 Å². The molecule has 2 aliphatic heterocycles. The van der Waals surface area contributed by atoms with Crippen molar-refractivity contribution in [3.8, 4) is 5.75 Å². The average molecular weight is 367 g/mol. The van der Waals surface area contributed by atoms with Crippen LogP contribution in [0.4, 0.5) is 0 Å². The second-order valence-corrected chi connectivity index (χ2v) is 8.12. The summed E-state index contributed by atoms with van der Waals surface area (Å²) in [5, 5.41) is 10.6. The fourth-order valence-corrected chi connectivity index (χ4v) is 5.04. The first kappa shape index (κ1) is 16.8. The number of imidazole rings is 1. The van der Waals surface area contributed by atoms with Gasteiger partial charge in [-0.1, -0.05) is 0 Å². The number of nitrogens with zero attached hydrogens (tertiary/aromatic N) is 3. The number of rotatable bonds is 2. The van der Waals surface area contributed by atoms with Crippen molar-refractivity contribution in [2.45, 2.75) is 37.8 Å². The summed E-state index contributed by atoms with van der Waals surface area (Å²) in [5.74, 6) is 1.83. The molecule has 0 unspecified atom stereocenters. The molecule has 1 N–H and O–H groups in total. The lowest BCUT2D eigenvalue weighted by Gasteiger charge is -2.35. The number of carbonyl (C=O) groups is 1. The van der Waals surface area contributed by atoms with Gasteiger partial charge in [0, 0.05) is 31.0 Å². The van der Waals surface area contributed by atoms with Gasteiger partial charge in [0.2, 0.25) is 0 Å². The molecule has 1 aromatic heterocycles. The summed E-state index contributed by atoms with van der Waals surface area (Å²) in [4.78, 5) is 19.2. The van der Waals surface area contributed by atoms with Gasteiger partial charge in [-0.15, -0.1) is 0 Å². The SMILES string of the molecule is O=C(c1ccc2c(c1)CCCO2)N1C[C@H]2C[C@@H](n3ccnc3)[C@H](O)C[C@H]2C1. The minimum Gasteiger partial charge on any atom is -0.493 e. The van der Waals surface area contributed by atoms with Gasteiger partial charge in [-0.3, -0.25) is 4.79 Å². The average Bonchev–Trinajstić information content (AvgIpc) is 3.35. The number of carbonyl (C=O) groups excluding carboxylic acids is 1. The minimum atomic E-state index is -0.378. The van der Waals surface area contributed by atoms with E-state index < -0.39 is 0 Å². The number of ether oxygens (including phenoxy) is 1. The highest BCUT2D eigenvalue weighted by Gasteiger charge is 2.43. The highest BCUT2D eigenvalue weighted by molar-refractivity contribution is 5.94. The van der Waals surface area contributed by atoms with Crippen molar-refractivity contribution in [3.63, 3.8) is 0 Å². The van der Waals surface area contributed by atoms with Crippen LogP contribution in [0.15, 0.2) is 36.9 Å². The van der Waals surface area contributed by atoms with Crippen LogP contribution in [0.5, 0.6) is 5.75 Å². The first-order valence-corrected chi connectivity index (χ1v) is 9.89. The molecule has 2 fully saturated rings. The Labute approximate surface area is 158 Å². The van der Waals surface area contributed by atoms with E-state index in [1.165, 1.54) is 0 Å². The molecule has 1 aromatic carbocycles. The third-order valence-corrected chi connectivity index (χ3v) is 6.46. The monoisotopic (exact) mass is 367 g/mol. The standard InChI is InChI=1S/C21H25N3O3/c25-19-10-17-12-24(11-16(17)9-18(19)23-6-5-22-13-23)21(26)15-3-4-20-14(8-15)2-1-7-27-20/h3-6,8,13,16-19,25H,1-2,7,9-12H2/t16-,17+,18-,19-/m1/s1. The van der Waals surface area contributed by atoms with Gasteiger partial charge in [-0.05, 0) is 61.3 Å². The molecular formula is C21H25N3O3. The fraction of sp³-hybridized carbons (Fsp3) is 0.524. The van der Waals surface area contributed by atoms with Gasteiger partial charge in [0.25, 0.3) is 5.91 Å². The van der Waals surface area contributed by atoms with Crippen molar-refractivity contribution in [3.05, 3.63) is 48.0 Å². The zero-order valence-electron chi connectivity index (χ0n) is 15.3. The van der Waals surface area contributed by atoms with Crippen molar-refractivity contribution in [2.24, 2.45) is 11.8 Å². The maximum absolute atomic E-state index is 13.1. The molecule has 5 rings (SSSR count). The van der Waals surface area contributed by atoms with Crippen LogP contribution < -0.4 is 4.74 Å². The summed E-state index contributed by atoms with van der Waals surface area (Å²) in [6, 6.07) is 5.88. The van der Waals surface area contributed by atoms with Gasteiger partial charge in [0.1, 0.15) is 5.75 Å². The summed E-state index contributed by atoms with van der Waals surface area (Å²) in [5.41, 5.74) is 1.89. The molecule has 142 valence electrons. The molecule has 1 saturated carbocycles. The Hall–Kier alpha value is -2.34. The quantitative estimate of drug-likeness (QED) is 0.884. The normalized spacial score (nSPS) is 29.7. The summed E-state index contributed by atoms with van der Waals surface area (Å²) < 4.78 is 7.67. The molecule has 0 spiro atoms. The van der Waals surface area contributed by atoms with Crippen LogP contribution in [0.25, 0.3) is 0 Å². The zero-order valence-corrected chi connectivity index (χ0v) is 15.3. The van der Waals surface area contributed by atoms with E-state index in [0.29, 0.717) is 11.8 Å². The molecule has 1 aliphatic carbocycles. The van der Waals surface area contributed by atoms with E-state index in [9.17, 15) is 9.90 Å². The molecule has 4 atom stereocenters. The molecule has 0 radical (unpaired) electrons. The maximum Gasteiger partial charge on any atom is 0.253 e. The predicted octanol–water partition coefficient (Wildman–Crippen LogP) is 2.29. The Morgan fingerprint density at radius 1 is 1.22 bits per heavy atom. The molecule has 1 amide bonds. The Kier molecular flexibility index (Phi) is 4.16. The van der Waals surface area contributed by atoms with Gasteiger partial charge in [0.05, 0.1) is 25.1 Å². The third kappa shape index (κ3) is 3.02.